The maximum Gasteiger partial charge on any atom is 0.0783 e. The van der Waals surface area contributed by atoms with E-state index < -0.39 is 0 Å². The van der Waals surface area contributed by atoms with Crippen LogP contribution in [0.1, 0.15) is 45.4 Å². The number of aliphatic hydroxyl groups is 1. The number of rotatable bonds is 4. The predicted octanol–water partition coefficient (Wildman–Crippen LogP) is 2.84. The Labute approximate surface area is 103 Å². The van der Waals surface area contributed by atoms with Crippen LogP contribution in [-0.4, -0.2) is 34.9 Å². The Kier molecular flexibility index (Phi) is 4.57. The van der Waals surface area contributed by atoms with E-state index in [0.29, 0.717) is 5.92 Å². The second kappa shape index (κ2) is 5.74. The standard InChI is InChI=1S/C13H24O2S/c1-2-3-4-12(14)11-5-7-15-13(9-11)6-8-16-10-13/h11-12,14H,2-10H2,1H3. The molecule has 94 valence electrons. The second-order valence-corrected chi connectivity index (χ2v) is 6.40. The summed E-state index contributed by atoms with van der Waals surface area (Å²) in [7, 11) is 0. The number of aliphatic hydroxyl groups excluding tert-OH is 1. The second-order valence-electron chi connectivity index (χ2n) is 5.30. The van der Waals surface area contributed by atoms with Crippen LogP contribution in [0.4, 0.5) is 0 Å². The minimum atomic E-state index is -0.0914. The molecule has 0 aromatic rings. The lowest BCUT2D eigenvalue weighted by Crippen LogP contribution is -2.43. The Morgan fingerprint density at radius 2 is 2.44 bits per heavy atom. The molecular weight excluding hydrogens is 220 g/mol. The molecule has 16 heavy (non-hydrogen) atoms. The molecule has 1 spiro atoms. The monoisotopic (exact) mass is 244 g/mol. The fourth-order valence-corrected chi connectivity index (χ4v) is 4.28. The van der Waals surface area contributed by atoms with Gasteiger partial charge in [0.2, 0.25) is 0 Å². The Morgan fingerprint density at radius 3 is 3.12 bits per heavy atom. The summed E-state index contributed by atoms with van der Waals surface area (Å²) in [6.07, 6.45) is 6.55. The fraction of sp³-hybridized carbons (Fsp3) is 1.00. The van der Waals surface area contributed by atoms with Gasteiger partial charge in [-0.15, -0.1) is 0 Å². The van der Waals surface area contributed by atoms with Gasteiger partial charge in [-0.25, -0.2) is 0 Å². The van der Waals surface area contributed by atoms with E-state index in [1.807, 2.05) is 11.8 Å². The predicted molar refractivity (Wildman–Crippen MR) is 68.9 cm³/mol. The van der Waals surface area contributed by atoms with Gasteiger partial charge in [0.05, 0.1) is 11.7 Å². The van der Waals surface area contributed by atoms with Gasteiger partial charge in [-0.2, -0.15) is 11.8 Å². The number of thioether (sulfide) groups is 1. The Morgan fingerprint density at radius 1 is 1.56 bits per heavy atom. The lowest BCUT2D eigenvalue weighted by molar-refractivity contribution is -0.102. The van der Waals surface area contributed by atoms with Crippen LogP contribution < -0.4 is 0 Å². The van der Waals surface area contributed by atoms with Crippen molar-refractivity contribution < 1.29 is 9.84 Å². The van der Waals surface area contributed by atoms with Gasteiger partial charge in [0, 0.05) is 12.4 Å². The van der Waals surface area contributed by atoms with Gasteiger partial charge in [0.15, 0.2) is 0 Å². The highest BCUT2D eigenvalue weighted by Crippen LogP contribution is 2.41. The van der Waals surface area contributed by atoms with Gasteiger partial charge >= 0.3 is 0 Å². The zero-order valence-electron chi connectivity index (χ0n) is 10.3. The van der Waals surface area contributed by atoms with E-state index in [2.05, 4.69) is 6.92 Å². The van der Waals surface area contributed by atoms with E-state index in [0.717, 1.165) is 38.0 Å². The number of hydrogen-bond donors (Lipinski definition) is 1. The largest absolute Gasteiger partial charge is 0.393 e. The molecule has 1 N–H and O–H groups in total. The SMILES string of the molecule is CCCCC(O)C1CCOC2(CCSC2)C1. The van der Waals surface area contributed by atoms with Crippen molar-refractivity contribution in [2.75, 3.05) is 18.1 Å². The molecule has 0 aromatic heterocycles. The molecule has 0 saturated carbocycles. The van der Waals surface area contributed by atoms with Crippen molar-refractivity contribution in [3.63, 3.8) is 0 Å². The summed E-state index contributed by atoms with van der Waals surface area (Å²) in [5.41, 5.74) is 0.126. The molecule has 2 heterocycles. The summed E-state index contributed by atoms with van der Waals surface area (Å²) < 4.78 is 5.98. The summed E-state index contributed by atoms with van der Waals surface area (Å²) in [5, 5.41) is 10.2. The molecule has 3 atom stereocenters. The van der Waals surface area contributed by atoms with Crippen LogP contribution >= 0.6 is 11.8 Å². The zero-order valence-corrected chi connectivity index (χ0v) is 11.1. The summed E-state index contributed by atoms with van der Waals surface area (Å²) in [5.74, 6) is 2.86. The van der Waals surface area contributed by atoms with Gasteiger partial charge < -0.3 is 9.84 Å². The first-order chi connectivity index (χ1) is 7.76. The lowest BCUT2D eigenvalue weighted by atomic mass is 9.81. The van der Waals surface area contributed by atoms with Crippen LogP contribution in [0.3, 0.4) is 0 Å². The van der Waals surface area contributed by atoms with Crippen LogP contribution in [0.2, 0.25) is 0 Å². The highest BCUT2D eigenvalue weighted by atomic mass is 32.2. The first-order valence-electron chi connectivity index (χ1n) is 6.65. The lowest BCUT2D eigenvalue weighted by Gasteiger charge is -2.39. The first kappa shape index (κ1) is 12.7. The molecule has 2 rings (SSSR count). The maximum absolute atomic E-state index is 10.2. The van der Waals surface area contributed by atoms with E-state index in [-0.39, 0.29) is 11.7 Å². The van der Waals surface area contributed by atoms with Crippen LogP contribution in [0.15, 0.2) is 0 Å². The van der Waals surface area contributed by atoms with E-state index in [9.17, 15) is 5.11 Å². The van der Waals surface area contributed by atoms with Crippen molar-refractivity contribution in [1.82, 2.24) is 0 Å². The van der Waals surface area contributed by atoms with Crippen molar-refractivity contribution in [3.05, 3.63) is 0 Å². The Balaban J connectivity index is 1.85. The smallest absolute Gasteiger partial charge is 0.0783 e. The molecule has 0 bridgehead atoms. The average Bonchev–Trinajstić information content (AvgIpc) is 2.74. The summed E-state index contributed by atoms with van der Waals surface area (Å²) in [6.45, 7) is 3.04. The van der Waals surface area contributed by atoms with E-state index >= 15 is 0 Å². The summed E-state index contributed by atoms with van der Waals surface area (Å²) in [4.78, 5) is 0. The molecule has 0 radical (unpaired) electrons. The Bertz CT molecular complexity index is 214. The van der Waals surface area contributed by atoms with Gasteiger partial charge in [-0.3, -0.25) is 0 Å². The van der Waals surface area contributed by atoms with E-state index in [4.69, 9.17) is 4.74 Å². The fourth-order valence-electron chi connectivity index (χ4n) is 2.91. The quantitative estimate of drug-likeness (QED) is 0.824. The normalized spacial score (nSPS) is 36.8. The third-order valence-electron chi connectivity index (χ3n) is 4.00. The zero-order chi connectivity index (χ0) is 11.4. The van der Waals surface area contributed by atoms with Crippen molar-refractivity contribution in [1.29, 1.82) is 0 Å². The van der Waals surface area contributed by atoms with Crippen LogP contribution in [0.5, 0.6) is 0 Å². The molecule has 2 aliphatic rings. The molecule has 0 aliphatic carbocycles. The van der Waals surface area contributed by atoms with Crippen molar-refractivity contribution in [3.8, 4) is 0 Å². The number of unbranched alkanes of at least 4 members (excludes halogenated alkanes) is 1. The molecule has 2 fully saturated rings. The minimum Gasteiger partial charge on any atom is -0.393 e. The Hall–Kier alpha value is 0.270. The first-order valence-corrected chi connectivity index (χ1v) is 7.81. The van der Waals surface area contributed by atoms with Crippen LogP contribution in [0, 0.1) is 5.92 Å². The third-order valence-corrected chi connectivity index (χ3v) is 5.22. The van der Waals surface area contributed by atoms with Gasteiger partial charge in [-0.05, 0) is 37.4 Å². The van der Waals surface area contributed by atoms with Crippen molar-refractivity contribution >= 4 is 11.8 Å². The van der Waals surface area contributed by atoms with Crippen molar-refractivity contribution in [2.45, 2.75) is 57.2 Å². The van der Waals surface area contributed by atoms with Gasteiger partial charge in [0.25, 0.3) is 0 Å². The number of hydrogen-bond acceptors (Lipinski definition) is 3. The van der Waals surface area contributed by atoms with E-state index in [1.54, 1.807) is 0 Å². The molecule has 2 saturated heterocycles. The molecular formula is C13H24O2S. The van der Waals surface area contributed by atoms with Crippen LogP contribution in [0.25, 0.3) is 0 Å². The molecule has 3 unspecified atom stereocenters. The van der Waals surface area contributed by atoms with Crippen molar-refractivity contribution in [2.24, 2.45) is 5.92 Å². The minimum absolute atomic E-state index is 0.0914. The maximum atomic E-state index is 10.2. The molecule has 2 nitrogen and oxygen atoms in total. The molecule has 0 amide bonds. The van der Waals surface area contributed by atoms with Gasteiger partial charge in [0.1, 0.15) is 0 Å². The van der Waals surface area contributed by atoms with Crippen LogP contribution in [-0.2, 0) is 4.74 Å². The topological polar surface area (TPSA) is 29.5 Å². The third kappa shape index (κ3) is 2.93. The summed E-state index contributed by atoms with van der Waals surface area (Å²) >= 11 is 2.00. The number of ether oxygens (including phenoxy) is 1. The molecule has 0 aromatic carbocycles. The highest BCUT2D eigenvalue weighted by molar-refractivity contribution is 7.99. The average molecular weight is 244 g/mol. The van der Waals surface area contributed by atoms with Gasteiger partial charge in [-0.1, -0.05) is 19.8 Å². The summed E-state index contributed by atoms with van der Waals surface area (Å²) in [6, 6.07) is 0. The molecule has 3 heteroatoms. The van der Waals surface area contributed by atoms with E-state index in [1.165, 1.54) is 18.6 Å². The molecule has 2 aliphatic heterocycles. The highest BCUT2D eigenvalue weighted by Gasteiger charge is 2.41.